The number of nitrogens with zero attached hydrogens (tertiary/aromatic N) is 1. The number of hydrogen-bond donors (Lipinski definition) is 1. The molecular formula is C20H21NO3. The van der Waals surface area contributed by atoms with Crippen LogP contribution in [-0.2, 0) is 6.61 Å². The second-order valence-corrected chi connectivity index (χ2v) is 6.17. The Bertz CT molecular complexity index is 793. The number of carboxylic acids is 1. The van der Waals surface area contributed by atoms with Crippen molar-refractivity contribution in [1.82, 2.24) is 4.90 Å². The van der Waals surface area contributed by atoms with Crippen LogP contribution in [0.4, 0.5) is 0 Å². The van der Waals surface area contributed by atoms with Crippen LogP contribution in [0.1, 0.15) is 33.5 Å². The zero-order valence-corrected chi connectivity index (χ0v) is 14.0. The monoisotopic (exact) mass is 323 g/mol. The molecule has 1 N–H and O–H groups in total. The van der Waals surface area contributed by atoms with E-state index in [0.717, 1.165) is 41.0 Å². The Morgan fingerprint density at radius 1 is 1.21 bits per heavy atom. The molecule has 2 aromatic carbocycles. The number of rotatable bonds is 4. The molecule has 0 bridgehead atoms. The minimum absolute atomic E-state index is 0.298. The van der Waals surface area contributed by atoms with Crippen LogP contribution in [0, 0.1) is 0 Å². The minimum Gasteiger partial charge on any atom is -0.488 e. The van der Waals surface area contributed by atoms with Gasteiger partial charge in [0.2, 0.25) is 0 Å². The van der Waals surface area contributed by atoms with Crippen LogP contribution in [0.25, 0.3) is 5.57 Å². The van der Waals surface area contributed by atoms with Crippen molar-refractivity contribution in [2.75, 3.05) is 20.6 Å². The van der Waals surface area contributed by atoms with Crippen molar-refractivity contribution in [3.8, 4) is 5.75 Å². The first-order valence-corrected chi connectivity index (χ1v) is 8.00. The third-order valence-electron chi connectivity index (χ3n) is 4.13. The predicted molar refractivity (Wildman–Crippen MR) is 94.4 cm³/mol. The molecule has 0 fully saturated rings. The maximum atomic E-state index is 11.4. The van der Waals surface area contributed by atoms with E-state index >= 15 is 0 Å². The molecule has 1 aliphatic heterocycles. The Labute approximate surface area is 142 Å². The van der Waals surface area contributed by atoms with E-state index in [0.29, 0.717) is 12.2 Å². The molecule has 4 heteroatoms. The quantitative estimate of drug-likeness (QED) is 0.933. The van der Waals surface area contributed by atoms with Gasteiger partial charge in [0.15, 0.2) is 0 Å². The van der Waals surface area contributed by atoms with Crippen molar-refractivity contribution < 1.29 is 14.6 Å². The van der Waals surface area contributed by atoms with Crippen molar-refractivity contribution >= 4 is 11.5 Å². The average molecular weight is 323 g/mol. The van der Waals surface area contributed by atoms with Crippen LogP contribution >= 0.6 is 0 Å². The molecule has 0 atom stereocenters. The fraction of sp³-hybridized carbons (Fsp3) is 0.250. The van der Waals surface area contributed by atoms with Gasteiger partial charge in [0, 0.05) is 12.1 Å². The van der Waals surface area contributed by atoms with Crippen molar-refractivity contribution in [2.24, 2.45) is 0 Å². The molecule has 0 unspecified atom stereocenters. The molecule has 0 spiro atoms. The van der Waals surface area contributed by atoms with Gasteiger partial charge in [-0.05, 0) is 55.4 Å². The summed E-state index contributed by atoms with van der Waals surface area (Å²) >= 11 is 0. The van der Waals surface area contributed by atoms with E-state index < -0.39 is 5.97 Å². The largest absolute Gasteiger partial charge is 0.488 e. The fourth-order valence-corrected chi connectivity index (χ4v) is 2.89. The summed E-state index contributed by atoms with van der Waals surface area (Å²) in [5.74, 6) is -0.0782. The van der Waals surface area contributed by atoms with E-state index in [1.54, 1.807) is 12.1 Å². The van der Waals surface area contributed by atoms with Crippen molar-refractivity contribution in [3.05, 3.63) is 70.8 Å². The van der Waals surface area contributed by atoms with Gasteiger partial charge >= 0.3 is 5.97 Å². The Morgan fingerprint density at radius 2 is 2.00 bits per heavy atom. The molecule has 0 saturated heterocycles. The second kappa shape index (κ2) is 6.89. The normalized spacial score (nSPS) is 14.7. The molecular weight excluding hydrogens is 302 g/mol. The van der Waals surface area contributed by atoms with Crippen LogP contribution in [0.3, 0.4) is 0 Å². The van der Waals surface area contributed by atoms with E-state index in [-0.39, 0.29) is 0 Å². The first-order chi connectivity index (χ1) is 11.6. The third kappa shape index (κ3) is 3.34. The number of carboxylic acid groups (broad SMARTS) is 1. The average Bonchev–Trinajstić information content (AvgIpc) is 2.71. The summed E-state index contributed by atoms with van der Waals surface area (Å²) < 4.78 is 5.93. The standard InChI is InChI=1S/C20H21NO3/c1-21(2)11-5-7-16-17-6-3-4-8-19(17)24-13-15-10-9-14(20(22)23)12-18(15)16/h3-4,6-10,12H,5,11,13H2,1-2H3,(H,22,23). The Hall–Kier alpha value is -2.59. The van der Waals surface area contributed by atoms with Gasteiger partial charge < -0.3 is 14.7 Å². The molecule has 0 saturated carbocycles. The highest BCUT2D eigenvalue weighted by Gasteiger charge is 2.20. The summed E-state index contributed by atoms with van der Waals surface area (Å²) in [5, 5.41) is 9.33. The molecule has 0 amide bonds. The van der Waals surface area contributed by atoms with Crippen LogP contribution in [-0.4, -0.2) is 36.6 Å². The highest BCUT2D eigenvalue weighted by atomic mass is 16.5. The molecule has 0 radical (unpaired) electrons. The summed E-state index contributed by atoms with van der Waals surface area (Å²) in [6, 6.07) is 13.2. The van der Waals surface area contributed by atoms with Gasteiger partial charge in [-0.25, -0.2) is 4.79 Å². The Kier molecular flexibility index (Phi) is 4.67. The van der Waals surface area contributed by atoms with E-state index in [1.807, 2.05) is 44.4 Å². The molecule has 2 aromatic rings. The maximum absolute atomic E-state index is 11.4. The van der Waals surface area contributed by atoms with Crippen molar-refractivity contribution in [2.45, 2.75) is 13.0 Å². The highest BCUT2D eigenvalue weighted by molar-refractivity contribution is 5.92. The maximum Gasteiger partial charge on any atom is 0.335 e. The van der Waals surface area contributed by atoms with Crippen molar-refractivity contribution in [3.63, 3.8) is 0 Å². The molecule has 0 aliphatic carbocycles. The van der Waals surface area contributed by atoms with Gasteiger partial charge in [0.05, 0.1) is 5.56 Å². The Morgan fingerprint density at radius 3 is 2.75 bits per heavy atom. The molecule has 124 valence electrons. The number of benzene rings is 2. The molecule has 1 aliphatic rings. The van der Waals surface area contributed by atoms with Crippen molar-refractivity contribution in [1.29, 1.82) is 0 Å². The number of fused-ring (bicyclic) bond motifs is 2. The predicted octanol–water partition coefficient (Wildman–Crippen LogP) is 3.66. The number of ether oxygens (including phenoxy) is 1. The lowest BCUT2D eigenvalue weighted by atomic mass is 9.92. The minimum atomic E-state index is -0.913. The number of aromatic carboxylic acids is 1. The van der Waals surface area contributed by atoms with Crippen LogP contribution in [0.2, 0.25) is 0 Å². The van der Waals surface area contributed by atoms with Gasteiger partial charge in [-0.1, -0.05) is 30.3 Å². The number of para-hydroxylation sites is 1. The second-order valence-electron chi connectivity index (χ2n) is 6.17. The SMILES string of the molecule is CN(C)CCC=C1c2cc(C(=O)O)ccc2COc2ccccc21. The van der Waals surface area contributed by atoms with Crippen LogP contribution in [0.5, 0.6) is 5.75 Å². The fourth-order valence-electron chi connectivity index (χ4n) is 2.89. The molecule has 4 nitrogen and oxygen atoms in total. The highest BCUT2D eigenvalue weighted by Crippen LogP contribution is 2.37. The van der Waals surface area contributed by atoms with Crippen LogP contribution in [0.15, 0.2) is 48.5 Å². The van der Waals surface area contributed by atoms with Gasteiger partial charge in [0.1, 0.15) is 12.4 Å². The number of carbonyl (C=O) groups is 1. The van der Waals surface area contributed by atoms with E-state index in [2.05, 4.69) is 11.0 Å². The molecule has 0 aromatic heterocycles. The summed E-state index contributed by atoms with van der Waals surface area (Å²) in [5.41, 5.74) is 4.30. The summed E-state index contributed by atoms with van der Waals surface area (Å²) in [4.78, 5) is 13.5. The topological polar surface area (TPSA) is 49.8 Å². The zero-order valence-electron chi connectivity index (χ0n) is 14.0. The summed E-state index contributed by atoms with van der Waals surface area (Å²) in [7, 11) is 4.08. The van der Waals surface area contributed by atoms with Gasteiger partial charge in [-0.2, -0.15) is 0 Å². The van der Waals surface area contributed by atoms with Gasteiger partial charge in [-0.3, -0.25) is 0 Å². The van der Waals surface area contributed by atoms with E-state index in [1.165, 1.54) is 0 Å². The molecule has 3 rings (SSSR count). The van der Waals surface area contributed by atoms with E-state index in [9.17, 15) is 9.90 Å². The Balaban J connectivity index is 2.13. The van der Waals surface area contributed by atoms with E-state index in [4.69, 9.17) is 4.74 Å². The van der Waals surface area contributed by atoms with Crippen LogP contribution < -0.4 is 4.74 Å². The lowest BCUT2D eigenvalue weighted by Gasteiger charge is -2.12. The summed E-state index contributed by atoms with van der Waals surface area (Å²) in [6.07, 6.45) is 3.06. The van der Waals surface area contributed by atoms with Gasteiger partial charge in [0.25, 0.3) is 0 Å². The lowest BCUT2D eigenvalue weighted by molar-refractivity contribution is 0.0697. The lowest BCUT2D eigenvalue weighted by Crippen LogP contribution is -2.12. The van der Waals surface area contributed by atoms with Gasteiger partial charge in [-0.15, -0.1) is 0 Å². The third-order valence-corrected chi connectivity index (χ3v) is 4.13. The first-order valence-electron chi connectivity index (χ1n) is 8.00. The smallest absolute Gasteiger partial charge is 0.335 e. The molecule has 24 heavy (non-hydrogen) atoms. The first kappa shape index (κ1) is 16.3. The number of hydrogen-bond acceptors (Lipinski definition) is 3. The zero-order chi connectivity index (χ0) is 17.1. The molecule has 1 heterocycles. The summed E-state index contributed by atoms with van der Waals surface area (Å²) in [6.45, 7) is 1.37.